The van der Waals surface area contributed by atoms with Crippen molar-refractivity contribution < 1.29 is 18.0 Å². The molecular weight excluding hydrogens is 353 g/mol. The summed E-state index contributed by atoms with van der Waals surface area (Å²) in [5.74, 6) is -0.318. The molecule has 0 heterocycles. The first kappa shape index (κ1) is 21.1. The molecule has 0 bridgehead atoms. The van der Waals surface area contributed by atoms with E-state index >= 15 is 0 Å². The molecule has 0 aromatic heterocycles. The first-order chi connectivity index (χ1) is 11.7. The topological polar surface area (TPSA) is 56.7 Å². The molecule has 0 radical (unpaired) electrons. The first-order valence-corrected chi connectivity index (χ1v) is 8.77. The lowest BCUT2D eigenvalue weighted by atomic mass is 10.1. The van der Waals surface area contributed by atoms with E-state index in [1.54, 1.807) is 11.8 Å². The van der Waals surface area contributed by atoms with E-state index in [-0.39, 0.29) is 6.54 Å². The summed E-state index contributed by atoms with van der Waals surface area (Å²) in [5, 5.41) is 5.78. The van der Waals surface area contributed by atoms with Gasteiger partial charge in [-0.3, -0.25) is 9.79 Å². The molecule has 5 nitrogen and oxygen atoms in total. The molecule has 25 heavy (non-hydrogen) atoms. The molecule has 1 aromatic carbocycles. The van der Waals surface area contributed by atoms with Crippen molar-refractivity contribution >= 4 is 23.6 Å². The largest absolute Gasteiger partial charge is 0.406 e. The number of amides is 1. The molecule has 0 aliphatic rings. The predicted molar refractivity (Wildman–Crippen MR) is 94.9 cm³/mol. The van der Waals surface area contributed by atoms with Crippen molar-refractivity contribution in [3.05, 3.63) is 29.3 Å². The number of carbonyl (C=O) groups is 1. The smallest absolute Gasteiger partial charge is 0.352 e. The SMILES string of the molecule is CN=C(NCC(=O)N(C)CC(F)(F)F)NCc1ccc(C)cc1SC. The quantitative estimate of drug-likeness (QED) is 0.455. The summed E-state index contributed by atoms with van der Waals surface area (Å²) in [6.07, 6.45) is -2.43. The number of hydrogen-bond donors (Lipinski definition) is 2. The highest BCUT2D eigenvalue weighted by Gasteiger charge is 2.31. The summed E-state index contributed by atoms with van der Waals surface area (Å²) in [4.78, 5) is 17.5. The third-order valence-corrected chi connectivity index (χ3v) is 4.18. The summed E-state index contributed by atoms with van der Waals surface area (Å²) in [6, 6.07) is 6.08. The van der Waals surface area contributed by atoms with Crippen LogP contribution in [0.1, 0.15) is 11.1 Å². The number of aryl methyl sites for hydroxylation is 1. The van der Waals surface area contributed by atoms with Crippen molar-refractivity contribution in [1.82, 2.24) is 15.5 Å². The van der Waals surface area contributed by atoms with Crippen molar-refractivity contribution in [2.24, 2.45) is 4.99 Å². The molecular formula is C16H23F3N4OS. The van der Waals surface area contributed by atoms with Gasteiger partial charge in [-0.05, 0) is 30.4 Å². The summed E-state index contributed by atoms with van der Waals surface area (Å²) in [5.41, 5.74) is 2.23. The standard InChI is InChI=1S/C16H23F3N4OS/c1-11-5-6-12(13(7-11)25-4)8-21-15(20-2)22-9-14(24)23(3)10-16(17,18)19/h5-7H,8-10H2,1-4H3,(H2,20,21,22). The number of benzene rings is 1. The molecule has 0 fully saturated rings. The van der Waals surface area contributed by atoms with Crippen molar-refractivity contribution in [2.75, 3.05) is 33.4 Å². The highest BCUT2D eigenvalue weighted by atomic mass is 32.2. The van der Waals surface area contributed by atoms with Crippen LogP contribution in [0.4, 0.5) is 13.2 Å². The van der Waals surface area contributed by atoms with Crippen LogP contribution in [-0.4, -0.2) is 56.4 Å². The van der Waals surface area contributed by atoms with E-state index in [1.165, 1.54) is 7.05 Å². The molecule has 2 N–H and O–H groups in total. The Morgan fingerprint density at radius 1 is 1.32 bits per heavy atom. The van der Waals surface area contributed by atoms with Gasteiger partial charge in [0.25, 0.3) is 0 Å². The minimum Gasteiger partial charge on any atom is -0.352 e. The fraction of sp³-hybridized carbons (Fsp3) is 0.500. The molecule has 0 atom stereocenters. The van der Waals surface area contributed by atoms with E-state index < -0.39 is 18.6 Å². The molecule has 140 valence electrons. The summed E-state index contributed by atoms with van der Waals surface area (Å²) in [6.45, 7) is 0.957. The van der Waals surface area contributed by atoms with Crippen LogP contribution in [-0.2, 0) is 11.3 Å². The molecule has 1 aromatic rings. The van der Waals surface area contributed by atoms with Gasteiger partial charge in [-0.2, -0.15) is 13.2 Å². The van der Waals surface area contributed by atoms with E-state index in [4.69, 9.17) is 0 Å². The van der Waals surface area contributed by atoms with Crippen LogP contribution >= 0.6 is 11.8 Å². The third-order valence-electron chi connectivity index (χ3n) is 3.36. The second kappa shape index (κ2) is 9.55. The highest BCUT2D eigenvalue weighted by molar-refractivity contribution is 7.98. The Balaban J connectivity index is 2.54. The Bertz CT molecular complexity index is 620. The Hall–Kier alpha value is -1.90. The molecule has 0 spiro atoms. The number of aliphatic imine (C=N–C) groups is 1. The molecule has 9 heteroatoms. The molecule has 0 saturated heterocycles. The number of halogens is 3. The number of rotatable bonds is 6. The fourth-order valence-electron chi connectivity index (χ4n) is 2.05. The van der Waals surface area contributed by atoms with Crippen molar-refractivity contribution in [3.8, 4) is 0 Å². The monoisotopic (exact) mass is 376 g/mol. The van der Waals surface area contributed by atoms with Gasteiger partial charge in [-0.1, -0.05) is 12.1 Å². The zero-order chi connectivity index (χ0) is 19.0. The molecule has 0 aliphatic carbocycles. The highest BCUT2D eigenvalue weighted by Crippen LogP contribution is 2.21. The van der Waals surface area contributed by atoms with Crippen LogP contribution in [0.15, 0.2) is 28.1 Å². The van der Waals surface area contributed by atoms with Crippen LogP contribution < -0.4 is 10.6 Å². The summed E-state index contributed by atoms with van der Waals surface area (Å²) in [7, 11) is 2.65. The Labute approximate surface area is 150 Å². The van der Waals surface area contributed by atoms with Gasteiger partial charge in [0.05, 0.1) is 6.54 Å². The van der Waals surface area contributed by atoms with Crippen molar-refractivity contribution in [3.63, 3.8) is 0 Å². The fourth-order valence-corrected chi connectivity index (χ4v) is 2.75. The van der Waals surface area contributed by atoms with Crippen LogP contribution in [0.2, 0.25) is 0 Å². The number of alkyl halides is 3. The number of carbonyl (C=O) groups excluding carboxylic acids is 1. The van der Waals surface area contributed by atoms with E-state index in [1.807, 2.05) is 25.3 Å². The zero-order valence-electron chi connectivity index (χ0n) is 14.7. The van der Waals surface area contributed by atoms with E-state index in [0.29, 0.717) is 17.4 Å². The maximum Gasteiger partial charge on any atom is 0.406 e. The normalized spacial score (nSPS) is 12.0. The molecule has 0 aliphatic heterocycles. The van der Waals surface area contributed by atoms with Crippen molar-refractivity contribution in [2.45, 2.75) is 24.5 Å². The van der Waals surface area contributed by atoms with E-state index in [2.05, 4.69) is 21.7 Å². The van der Waals surface area contributed by atoms with Gasteiger partial charge < -0.3 is 15.5 Å². The van der Waals surface area contributed by atoms with Crippen LogP contribution in [0, 0.1) is 6.92 Å². The van der Waals surface area contributed by atoms with Gasteiger partial charge in [0, 0.05) is 25.5 Å². The Morgan fingerprint density at radius 3 is 2.56 bits per heavy atom. The van der Waals surface area contributed by atoms with Crippen LogP contribution in [0.3, 0.4) is 0 Å². The minimum absolute atomic E-state index is 0.268. The molecule has 1 rings (SSSR count). The lowest BCUT2D eigenvalue weighted by Crippen LogP contribution is -2.45. The van der Waals surface area contributed by atoms with E-state index in [0.717, 1.165) is 23.1 Å². The number of nitrogens with one attached hydrogen (secondary N) is 2. The van der Waals surface area contributed by atoms with Gasteiger partial charge in [-0.25, -0.2) is 0 Å². The molecule has 0 saturated carbocycles. The van der Waals surface area contributed by atoms with Gasteiger partial charge in [0.1, 0.15) is 6.54 Å². The van der Waals surface area contributed by atoms with Crippen molar-refractivity contribution in [1.29, 1.82) is 0 Å². The zero-order valence-corrected chi connectivity index (χ0v) is 15.5. The average Bonchev–Trinajstić information content (AvgIpc) is 2.53. The first-order valence-electron chi connectivity index (χ1n) is 7.55. The van der Waals surface area contributed by atoms with Gasteiger partial charge in [0.15, 0.2) is 5.96 Å². The molecule has 1 amide bonds. The summed E-state index contributed by atoms with van der Waals surface area (Å²) >= 11 is 1.63. The number of nitrogens with zero attached hydrogens (tertiary/aromatic N) is 2. The Kier molecular flexibility index (Phi) is 8.08. The number of thioether (sulfide) groups is 1. The van der Waals surface area contributed by atoms with Gasteiger partial charge >= 0.3 is 6.18 Å². The van der Waals surface area contributed by atoms with Gasteiger partial charge in [-0.15, -0.1) is 11.8 Å². The number of hydrogen-bond acceptors (Lipinski definition) is 3. The Morgan fingerprint density at radius 2 is 2.00 bits per heavy atom. The minimum atomic E-state index is -4.41. The van der Waals surface area contributed by atoms with E-state index in [9.17, 15) is 18.0 Å². The lowest BCUT2D eigenvalue weighted by Gasteiger charge is -2.20. The maximum absolute atomic E-state index is 12.3. The maximum atomic E-state index is 12.3. The number of guanidine groups is 1. The molecule has 0 unspecified atom stereocenters. The average molecular weight is 376 g/mol. The van der Waals surface area contributed by atoms with Gasteiger partial charge in [0.2, 0.25) is 5.91 Å². The second-order valence-electron chi connectivity index (χ2n) is 5.46. The second-order valence-corrected chi connectivity index (χ2v) is 6.31. The lowest BCUT2D eigenvalue weighted by molar-refractivity contribution is -0.157. The predicted octanol–water partition coefficient (Wildman–Crippen LogP) is 2.40. The van der Waals surface area contributed by atoms with Crippen LogP contribution in [0.5, 0.6) is 0 Å². The number of likely N-dealkylation sites (N-methyl/N-ethyl adjacent to an activating group) is 1. The summed E-state index contributed by atoms with van der Waals surface area (Å²) < 4.78 is 36.9. The van der Waals surface area contributed by atoms with Crippen LogP contribution in [0.25, 0.3) is 0 Å². The third kappa shape index (κ3) is 7.68.